The maximum absolute atomic E-state index is 12.0. The largest absolute Gasteiger partial charge is 0.494 e. The van der Waals surface area contributed by atoms with Crippen LogP contribution >= 0.6 is 23.2 Å². The molecule has 0 aromatic heterocycles. The first kappa shape index (κ1) is 22.8. The van der Waals surface area contributed by atoms with Crippen molar-refractivity contribution in [3.05, 3.63) is 48.0 Å². The first-order valence-electron chi connectivity index (χ1n) is 9.03. The molecule has 0 aliphatic carbocycles. The fraction of sp³-hybridized carbons (Fsp3) is 0.333. The van der Waals surface area contributed by atoms with Crippen LogP contribution in [0.15, 0.2) is 42.5 Å². The number of amides is 1. The Morgan fingerprint density at radius 3 is 2.28 bits per heavy atom. The van der Waals surface area contributed by atoms with Crippen LogP contribution in [0, 0.1) is 0 Å². The Balaban J connectivity index is 2.13. The van der Waals surface area contributed by atoms with Gasteiger partial charge in [-0.3, -0.25) is 9.59 Å². The second-order valence-electron chi connectivity index (χ2n) is 6.14. The van der Waals surface area contributed by atoms with Crippen molar-refractivity contribution in [2.24, 2.45) is 0 Å². The minimum atomic E-state index is -0.665. The number of halogens is 2. The lowest BCUT2D eigenvalue weighted by molar-refractivity contribution is 0.0948. The Kier molecular flexibility index (Phi) is 9.09. The summed E-state index contributed by atoms with van der Waals surface area (Å²) in [6, 6.07) is 11.4. The molecule has 29 heavy (non-hydrogen) atoms. The normalized spacial score (nSPS) is 11.4. The number of rotatable bonds is 11. The van der Waals surface area contributed by atoms with E-state index in [2.05, 4.69) is 5.32 Å². The molecule has 1 atom stereocenters. The van der Waals surface area contributed by atoms with Gasteiger partial charge in [0.25, 0.3) is 5.91 Å². The molecule has 0 fully saturated rings. The number of carbonyl (C=O) groups excluding carboxylic acids is 2. The van der Waals surface area contributed by atoms with Crippen LogP contribution in [-0.2, 0) is 4.79 Å². The number of anilines is 1. The average Bonchev–Trinajstić information content (AvgIpc) is 2.74. The van der Waals surface area contributed by atoms with Gasteiger partial charge in [-0.1, -0.05) is 0 Å². The zero-order chi connectivity index (χ0) is 21.2. The highest BCUT2D eigenvalue weighted by atomic mass is 35.5. The van der Waals surface area contributed by atoms with E-state index in [4.69, 9.17) is 32.7 Å². The van der Waals surface area contributed by atoms with Crippen molar-refractivity contribution in [2.75, 3.05) is 36.9 Å². The first-order valence-corrected chi connectivity index (χ1v) is 10.1. The summed E-state index contributed by atoms with van der Waals surface area (Å²) in [7, 11) is 1.59. The molecule has 1 N–H and O–H groups in total. The van der Waals surface area contributed by atoms with Gasteiger partial charge in [0.05, 0.1) is 18.8 Å². The first-order chi connectivity index (χ1) is 14.0. The second-order valence-corrected chi connectivity index (χ2v) is 6.89. The molecule has 1 amide bonds. The molecule has 2 aromatic rings. The van der Waals surface area contributed by atoms with Crippen molar-refractivity contribution >= 4 is 41.1 Å². The van der Waals surface area contributed by atoms with E-state index >= 15 is 0 Å². The van der Waals surface area contributed by atoms with Gasteiger partial charge in [0.2, 0.25) is 6.29 Å². The van der Waals surface area contributed by atoms with Crippen molar-refractivity contribution < 1.29 is 19.1 Å². The quantitative estimate of drug-likeness (QED) is 0.538. The molecule has 2 aromatic carbocycles. The van der Waals surface area contributed by atoms with Gasteiger partial charge in [-0.25, -0.2) is 0 Å². The maximum Gasteiger partial charge on any atom is 0.251 e. The monoisotopic (exact) mass is 437 g/mol. The van der Waals surface area contributed by atoms with Gasteiger partial charge in [-0.05, 0) is 43.3 Å². The van der Waals surface area contributed by atoms with Crippen LogP contribution < -0.4 is 19.7 Å². The van der Waals surface area contributed by atoms with Crippen LogP contribution in [0.1, 0.15) is 17.3 Å². The number of nitrogens with one attached hydrogen (secondary N) is 1. The number of hydrogen-bond acceptors (Lipinski definition) is 5. The summed E-state index contributed by atoms with van der Waals surface area (Å²) in [5.74, 6) is 2.39. The van der Waals surface area contributed by atoms with E-state index in [0.29, 0.717) is 47.7 Å². The number of benzene rings is 2. The van der Waals surface area contributed by atoms with E-state index in [1.165, 1.54) is 0 Å². The van der Waals surface area contributed by atoms with E-state index in [9.17, 15) is 9.59 Å². The lowest BCUT2D eigenvalue weighted by Gasteiger charge is -2.25. The molecule has 1 radical (unpaired) electrons. The lowest BCUT2D eigenvalue weighted by atomic mass is 10.2. The zero-order valence-corrected chi connectivity index (χ0v) is 17.8. The third kappa shape index (κ3) is 6.54. The Labute approximate surface area is 180 Å². The summed E-state index contributed by atoms with van der Waals surface area (Å²) in [5.41, 5.74) is 1.31. The topological polar surface area (TPSA) is 67.9 Å². The molecule has 0 bridgehead atoms. The van der Waals surface area contributed by atoms with Crippen LogP contribution in [0.4, 0.5) is 5.69 Å². The van der Waals surface area contributed by atoms with E-state index in [1.807, 2.05) is 17.0 Å². The van der Waals surface area contributed by atoms with Crippen LogP contribution in [0.2, 0.25) is 0 Å². The second kappa shape index (κ2) is 11.5. The van der Waals surface area contributed by atoms with Gasteiger partial charge >= 0.3 is 0 Å². The van der Waals surface area contributed by atoms with E-state index < -0.39 is 6.04 Å². The number of alkyl halides is 2. The van der Waals surface area contributed by atoms with Gasteiger partial charge in [0, 0.05) is 36.5 Å². The van der Waals surface area contributed by atoms with Gasteiger partial charge in [0.1, 0.15) is 17.2 Å². The Hall–Kier alpha value is -2.44. The predicted octanol–water partition coefficient (Wildman–Crippen LogP) is 4.00. The fourth-order valence-electron chi connectivity index (χ4n) is 2.66. The van der Waals surface area contributed by atoms with Gasteiger partial charge in [-0.15, -0.1) is 23.2 Å². The number of methoxy groups -OCH3 is 1. The van der Waals surface area contributed by atoms with Crippen molar-refractivity contribution in [2.45, 2.75) is 13.0 Å². The zero-order valence-electron chi connectivity index (χ0n) is 16.3. The molecule has 2 rings (SSSR count). The van der Waals surface area contributed by atoms with Crippen molar-refractivity contribution in [3.63, 3.8) is 0 Å². The van der Waals surface area contributed by atoms with E-state index in [-0.39, 0.29) is 5.91 Å². The van der Waals surface area contributed by atoms with Crippen LogP contribution in [-0.4, -0.2) is 50.2 Å². The van der Waals surface area contributed by atoms with Crippen molar-refractivity contribution in [1.29, 1.82) is 0 Å². The van der Waals surface area contributed by atoms with E-state index in [1.54, 1.807) is 50.7 Å². The smallest absolute Gasteiger partial charge is 0.251 e. The summed E-state index contributed by atoms with van der Waals surface area (Å²) in [6.07, 6.45) is 1.71. The highest BCUT2D eigenvalue weighted by Crippen LogP contribution is 2.34. The molecule has 0 saturated carbocycles. The van der Waals surface area contributed by atoms with Gasteiger partial charge in [0.15, 0.2) is 0 Å². The van der Waals surface area contributed by atoms with Crippen LogP contribution in [0.25, 0.3) is 0 Å². The molecule has 0 heterocycles. The number of carbonyl (C=O) groups is 1. The molecule has 0 aliphatic rings. The van der Waals surface area contributed by atoms with Crippen LogP contribution in [0.3, 0.4) is 0 Å². The minimum absolute atomic E-state index is 0.350. The number of hydrogen-bond donors (Lipinski definition) is 1. The Morgan fingerprint density at radius 2 is 1.72 bits per heavy atom. The maximum atomic E-state index is 12.0. The van der Waals surface area contributed by atoms with Crippen molar-refractivity contribution in [1.82, 2.24) is 5.32 Å². The molecular weight excluding hydrogens is 415 g/mol. The molecule has 6 nitrogen and oxygen atoms in total. The molecule has 0 spiro atoms. The summed E-state index contributed by atoms with van der Waals surface area (Å²) in [4.78, 5) is 24.6. The van der Waals surface area contributed by atoms with Crippen molar-refractivity contribution in [3.8, 4) is 17.2 Å². The van der Waals surface area contributed by atoms with E-state index in [0.717, 1.165) is 5.69 Å². The lowest BCUT2D eigenvalue weighted by Crippen LogP contribution is -2.33. The average molecular weight is 438 g/mol. The highest BCUT2D eigenvalue weighted by molar-refractivity contribution is 6.18. The molecule has 0 unspecified atom stereocenters. The predicted molar refractivity (Wildman–Crippen MR) is 116 cm³/mol. The summed E-state index contributed by atoms with van der Waals surface area (Å²) in [5, 5.41) is 2.52. The molecule has 155 valence electrons. The minimum Gasteiger partial charge on any atom is -0.494 e. The summed E-state index contributed by atoms with van der Waals surface area (Å²) in [6.45, 7) is 2.85. The molecular formula is C21H23Cl2N2O4. The molecule has 8 heteroatoms. The molecule has 0 aliphatic heterocycles. The van der Waals surface area contributed by atoms with Gasteiger partial charge < -0.3 is 19.7 Å². The summed E-state index contributed by atoms with van der Waals surface area (Å²) >= 11 is 11.8. The SMILES string of the molecule is COc1cc(Oc2ccc(C(=O)N[C@@H](C)[C]=O)cc2)ccc1N(CCCl)CCCl. The van der Waals surface area contributed by atoms with Crippen LogP contribution in [0.5, 0.6) is 17.2 Å². The molecule has 0 saturated heterocycles. The number of nitrogens with zero attached hydrogens (tertiary/aromatic N) is 1. The third-order valence-corrected chi connectivity index (χ3v) is 4.42. The Morgan fingerprint density at radius 1 is 1.10 bits per heavy atom. The number of ether oxygens (including phenoxy) is 2. The highest BCUT2D eigenvalue weighted by Gasteiger charge is 2.14. The fourth-order valence-corrected chi connectivity index (χ4v) is 3.07. The third-order valence-electron chi connectivity index (χ3n) is 4.08. The standard InChI is InChI=1S/C21H23Cl2N2O4/c1-15(14-26)24-21(27)16-3-5-17(6-4-16)29-18-7-8-19(20(13-18)28-2)25(11-9-22)12-10-23/h3-8,13,15H,9-12H2,1-2H3,(H,24,27)/t15-/m0/s1. The Bertz CT molecular complexity index is 809. The summed E-state index contributed by atoms with van der Waals surface area (Å²) < 4.78 is 11.4. The van der Waals surface area contributed by atoms with Gasteiger partial charge in [-0.2, -0.15) is 0 Å².